The number of ether oxygens (including phenoxy) is 4. The van der Waals surface area contributed by atoms with E-state index in [1.165, 1.54) is 13.3 Å². The molecule has 7 nitrogen and oxygen atoms in total. The maximum absolute atomic E-state index is 12.3. The smallest absolute Gasteiger partial charge is 0.271 e. The highest BCUT2D eigenvalue weighted by Crippen LogP contribution is 2.36. The molecule has 1 heterocycles. The monoisotopic (exact) mass is 472 g/mol. The second-order valence-corrected chi connectivity index (χ2v) is 7.56. The summed E-state index contributed by atoms with van der Waals surface area (Å²) in [6, 6.07) is 15.6. The number of rotatable bonds is 7. The first kappa shape index (κ1) is 21.8. The van der Waals surface area contributed by atoms with Gasteiger partial charge in [0, 0.05) is 10.6 Å². The maximum atomic E-state index is 12.3. The van der Waals surface area contributed by atoms with E-state index in [2.05, 4.69) is 10.5 Å². The van der Waals surface area contributed by atoms with Crippen molar-refractivity contribution >= 4 is 35.3 Å². The maximum Gasteiger partial charge on any atom is 0.271 e. The number of methoxy groups -OCH3 is 1. The molecule has 0 spiro atoms. The van der Waals surface area contributed by atoms with Gasteiger partial charge in [-0.05, 0) is 53.6 Å². The first-order chi connectivity index (χ1) is 15.5. The molecule has 3 aromatic carbocycles. The van der Waals surface area contributed by atoms with E-state index in [4.69, 9.17) is 42.1 Å². The second-order valence-electron chi connectivity index (χ2n) is 6.72. The normalized spacial score (nSPS) is 12.1. The largest absolute Gasteiger partial charge is 0.493 e. The quantitative estimate of drug-likeness (QED) is 0.383. The number of hydrogen-bond donors (Lipinski definition) is 1. The minimum absolute atomic E-state index is 0.139. The number of hydrazone groups is 1. The van der Waals surface area contributed by atoms with Crippen molar-refractivity contribution in [2.75, 3.05) is 13.9 Å². The molecule has 1 aliphatic heterocycles. The first-order valence-corrected chi connectivity index (χ1v) is 10.3. The van der Waals surface area contributed by atoms with Crippen LogP contribution >= 0.6 is 23.2 Å². The van der Waals surface area contributed by atoms with Gasteiger partial charge in [0.2, 0.25) is 6.79 Å². The molecule has 0 radical (unpaired) electrons. The third-order valence-corrected chi connectivity index (χ3v) is 5.10. The Kier molecular flexibility index (Phi) is 6.68. The lowest BCUT2D eigenvalue weighted by Crippen LogP contribution is -2.17. The molecule has 3 aromatic rings. The van der Waals surface area contributed by atoms with Crippen LogP contribution in [0.25, 0.3) is 0 Å². The van der Waals surface area contributed by atoms with Gasteiger partial charge in [0.25, 0.3) is 5.91 Å². The van der Waals surface area contributed by atoms with Crippen LogP contribution in [0.5, 0.6) is 23.0 Å². The molecule has 0 aromatic heterocycles. The summed E-state index contributed by atoms with van der Waals surface area (Å²) < 4.78 is 21.8. The second kappa shape index (κ2) is 9.80. The fraction of sp³-hybridized carbons (Fsp3) is 0.130. The Balaban J connectivity index is 1.42. The lowest BCUT2D eigenvalue weighted by Gasteiger charge is -2.13. The predicted molar refractivity (Wildman–Crippen MR) is 121 cm³/mol. The van der Waals surface area contributed by atoms with E-state index >= 15 is 0 Å². The Bertz CT molecular complexity index is 1170. The topological polar surface area (TPSA) is 78.4 Å². The lowest BCUT2D eigenvalue weighted by molar-refractivity contribution is 0.0954. The summed E-state index contributed by atoms with van der Waals surface area (Å²) in [5.41, 5.74) is 4.42. The molecule has 4 rings (SSSR count). The van der Waals surface area contributed by atoms with Gasteiger partial charge in [-0.25, -0.2) is 5.43 Å². The Hall–Kier alpha value is -3.42. The van der Waals surface area contributed by atoms with Crippen LogP contribution in [0, 0.1) is 0 Å². The molecule has 0 atom stereocenters. The number of fused-ring (bicyclic) bond motifs is 1. The molecule has 32 heavy (non-hydrogen) atoms. The molecule has 0 saturated carbocycles. The highest BCUT2D eigenvalue weighted by Gasteiger charge is 2.16. The van der Waals surface area contributed by atoms with E-state index < -0.39 is 0 Å². The molecule has 1 amide bonds. The number of nitrogens with one attached hydrogen (secondary N) is 1. The first-order valence-electron chi connectivity index (χ1n) is 9.51. The number of amides is 1. The molecular weight excluding hydrogens is 455 g/mol. The fourth-order valence-electron chi connectivity index (χ4n) is 2.96. The Morgan fingerprint density at radius 2 is 1.88 bits per heavy atom. The zero-order valence-electron chi connectivity index (χ0n) is 16.9. The summed E-state index contributed by atoms with van der Waals surface area (Å²) in [6.07, 6.45) is 1.46. The van der Waals surface area contributed by atoms with Gasteiger partial charge in [0.15, 0.2) is 23.0 Å². The van der Waals surface area contributed by atoms with Gasteiger partial charge < -0.3 is 18.9 Å². The number of carbonyl (C=O) groups is 1. The van der Waals surface area contributed by atoms with Crippen LogP contribution in [0.4, 0.5) is 0 Å². The molecule has 0 aliphatic carbocycles. The third kappa shape index (κ3) is 5.07. The van der Waals surface area contributed by atoms with E-state index in [9.17, 15) is 4.79 Å². The van der Waals surface area contributed by atoms with Crippen molar-refractivity contribution in [1.82, 2.24) is 5.43 Å². The minimum Gasteiger partial charge on any atom is -0.493 e. The van der Waals surface area contributed by atoms with Gasteiger partial charge in [-0.15, -0.1) is 0 Å². The van der Waals surface area contributed by atoms with Gasteiger partial charge in [0.05, 0.1) is 18.3 Å². The van der Waals surface area contributed by atoms with Gasteiger partial charge in [-0.2, -0.15) is 5.10 Å². The molecule has 0 fully saturated rings. The highest BCUT2D eigenvalue weighted by molar-refractivity contribution is 6.32. The minimum atomic E-state index is -0.388. The van der Waals surface area contributed by atoms with Crippen LogP contribution in [-0.2, 0) is 6.61 Å². The van der Waals surface area contributed by atoms with Gasteiger partial charge >= 0.3 is 0 Å². The molecular formula is C23H18Cl2N2O5. The summed E-state index contributed by atoms with van der Waals surface area (Å²) >= 11 is 12.3. The number of benzene rings is 3. The van der Waals surface area contributed by atoms with Crippen molar-refractivity contribution in [1.29, 1.82) is 0 Å². The van der Waals surface area contributed by atoms with Crippen molar-refractivity contribution in [3.63, 3.8) is 0 Å². The number of hydrogen-bond acceptors (Lipinski definition) is 6. The van der Waals surface area contributed by atoms with Crippen LogP contribution in [0.3, 0.4) is 0 Å². The fourth-order valence-corrected chi connectivity index (χ4v) is 3.36. The standard InChI is InChI=1S/C23H18Cl2N2O5/c1-29-21-9-15(8-18(25)22(21)30-12-14-2-5-17(24)6-3-14)11-26-27-23(28)16-4-7-19-20(10-16)32-13-31-19/h2-11H,12-13H2,1H3,(H,27,28)/b26-11-. The molecule has 0 saturated heterocycles. The number of halogens is 2. The molecule has 1 aliphatic rings. The van der Waals surface area contributed by atoms with Crippen molar-refractivity contribution in [2.24, 2.45) is 5.10 Å². The van der Waals surface area contributed by atoms with Gasteiger partial charge in [-0.1, -0.05) is 35.3 Å². The van der Waals surface area contributed by atoms with Crippen molar-refractivity contribution in [3.05, 3.63) is 81.3 Å². The van der Waals surface area contributed by atoms with Crippen molar-refractivity contribution < 1.29 is 23.7 Å². The molecule has 164 valence electrons. The summed E-state index contributed by atoms with van der Waals surface area (Å²) in [7, 11) is 1.52. The van der Waals surface area contributed by atoms with E-state index in [0.717, 1.165) is 5.56 Å². The van der Waals surface area contributed by atoms with Crippen LogP contribution in [0.15, 0.2) is 59.7 Å². The van der Waals surface area contributed by atoms with E-state index in [0.29, 0.717) is 50.8 Å². The lowest BCUT2D eigenvalue weighted by atomic mass is 10.2. The van der Waals surface area contributed by atoms with E-state index in [-0.39, 0.29) is 12.7 Å². The van der Waals surface area contributed by atoms with Crippen LogP contribution in [0.2, 0.25) is 10.0 Å². The highest BCUT2D eigenvalue weighted by atomic mass is 35.5. The van der Waals surface area contributed by atoms with Crippen LogP contribution in [-0.4, -0.2) is 26.0 Å². The van der Waals surface area contributed by atoms with E-state index in [1.807, 2.05) is 12.1 Å². The Morgan fingerprint density at radius 3 is 2.66 bits per heavy atom. The average molecular weight is 473 g/mol. The molecule has 1 N–H and O–H groups in total. The van der Waals surface area contributed by atoms with E-state index in [1.54, 1.807) is 42.5 Å². The molecule has 0 unspecified atom stereocenters. The Labute approximate surface area is 194 Å². The summed E-state index contributed by atoms with van der Waals surface area (Å²) in [5, 5.41) is 5.00. The Morgan fingerprint density at radius 1 is 1.09 bits per heavy atom. The number of nitrogens with zero attached hydrogens (tertiary/aromatic N) is 1. The van der Waals surface area contributed by atoms with Crippen molar-refractivity contribution in [3.8, 4) is 23.0 Å². The van der Waals surface area contributed by atoms with Gasteiger partial charge in [-0.3, -0.25) is 4.79 Å². The summed E-state index contributed by atoms with van der Waals surface area (Å²) in [4.78, 5) is 12.3. The SMILES string of the molecule is COc1cc(/C=N\NC(=O)c2ccc3c(c2)OCO3)cc(Cl)c1OCc1ccc(Cl)cc1. The average Bonchev–Trinajstić information content (AvgIpc) is 3.27. The zero-order valence-corrected chi connectivity index (χ0v) is 18.4. The predicted octanol–water partition coefficient (Wildman–Crippen LogP) is 5.07. The van der Waals surface area contributed by atoms with Gasteiger partial charge in [0.1, 0.15) is 6.61 Å². The van der Waals surface area contributed by atoms with Crippen LogP contribution < -0.4 is 24.4 Å². The third-order valence-electron chi connectivity index (χ3n) is 4.56. The molecule has 9 heteroatoms. The summed E-state index contributed by atoms with van der Waals surface area (Å²) in [6.45, 7) is 0.437. The zero-order chi connectivity index (χ0) is 22.5. The number of carbonyl (C=O) groups excluding carboxylic acids is 1. The summed E-state index contributed by atoms with van der Waals surface area (Å²) in [5.74, 6) is 1.58. The van der Waals surface area contributed by atoms with Crippen molar-refractivity contribution in [2.45, 2.75) is 6.61 Å². The molecule has 0 bridgehead atoms. The van der Waals surface area contributed by atoms with Crippen LogP contribution in [0.1, 0.15) is 21.5 Å².